The molecule has 0 heterocycles. The fourth-order valence-electron chi connectivity index (χ4n) is 1.69. The molecule has 0 saturated carbocycles. The van der Waals surface area contributed by atoms with Crippen molar-refractivity contribution >= 4 is 5.97 Å². The van der Waals surface area contributed by atoms with Crippen molar-refractivity contribution < 1.29 is 84.2 Å². The molecule has 0 atom stereocenters. The van der Waals surface area contributed by atoms with Crippen LogP contribution >= 0.6 is 0 Å². The highest BCUT2D eigenvalue weighted by Crippen LogP contribution is 2.63. The SMILES string of the molecule is C=CC(=O)OCCNC(F)(F)C(F)(F)C(F)(F)C(F)(F)C(F)(F)C(F)(F)C(F)(F)C(F)(F)F. The van der Waals surface area contributed by atoms with Gasteiger partial charge < -0.3 is 4.74 Å². The molecule has 0 unspecified atom stereocenters. The lowest BCUT2D eigenvalue weighted by Crippen LogP contribution is -2.75. The molecule has 1 N–H and O–H groups in total. The number of halogens is 17. The van der Waals surface area contributed by atoms with E-state index in [1.54, 1.807) is 0 Å². The molecule has 0 aromatic rings. The fourth-order valence-corrected chi connectivity index (χ4v) is 1.69. The minimum Gasteiger partial charge on any atom is -0.461 e. The van der Waals surface area contributed by atoms with Gasteiger partial charge in [-0.05, 0) is 0 Å². The summed E-state index contributed by atoms with van der Waals surface area (Å²) in [6, 6.07) is -6.74. The van der Waals surface area contributed by atoms with E-state index in [1.165, 1.54) is 0 Å². The zero-order chi connectivity index (χ0) is 27.1. The van der Waals surface area contributed by atoms with E-state index >= 15 is 0 Å². The van der Waals surface area contributed by atoms with Crippen LogP contribution in [0.25, 0.3) is 0 Å². The highest BCUT2D eigenvalue weighted by atomic mass is 19.4. The first-order chi connectivity index (χ1) is 14.2. The Kier molecular flexibility index (Phi) is 8.11. The van der Waals surface area contributed by atoms with Gasteiger partial charge in [0.25, 0.3) is 0 Å². The quantitative estimate of drug-likeness (QED) is 0.129. The van der Waals surface area contributed by atoms with Crippen LogP contribution < -0.4 is 5.32 Å². The molecular formula is C13H8F17NO2. The van der Waals surface area contributed by atoms with Crippen LogP contribution in [0, 0.1) is 0 Å². The standard InChI is InChI=1S/C13H8F17NO2/c1-2-5(32)33-4-3-31-13(29,30)11(24,25)9(20,21)7(16,17)6(14,15)8(18,19)10(22,23)12(26,27)28/h2,31H,1,3-4H2. The predicted octanol–water partition coefficient (Wildman–Crippen LogP) is 5.27. The second-order valence-electron chi connectivity index (χ2n) is 5.82. The Morgan fingerprint density at radius 1 is 0.636 bits per heavy atom. The molecule has 0 aromatic carbocycles. The van der Waals surface area contributed by atoms with Crippen molar-refractivity contribution in [3.63, 3.8) is 0 Å². The van der Waals surface area contributed by atoms with Crippen molar-refractivity contribution in [1.29, 1.82) is 0 Å². The van der Waals surface area contributed by atoms with Gasteiger partial charge in [-0.1, -0.05) is 6.58 Å². The van der Waals surface area contributed by atoms with Gasteiger partial charge in [-0.3, -0.25) is 0 Å². The molecule has 0 radical (unpaired) electrons. The maximum atomic E-state index is 13.4. The zero-order valence-corrected chi connectivity index (χ0v) is 14.9. The third-order valence-corrected chi connectivity index (χ3v) is 3.58. The van der Waals surface area contributed by atoms with E-state index in [4.69, 9.17) is 0 Å². The number of hydrogen-bond acceptors (Lipinski definition) is 3. The molecule has 33 heavy (non-hydrogen) atoms. The van der Waals surface area contributed by atoms with E-state index in [9.17, 15) is 79.4 Å². The fraction of sp³-hybridized carbons (Fsp3) is 0.769. The highest BCUT2D eigenvalue weighted by Gasteiger charge is 2.95. The van der Waals surface area contributed by atoms with E-state index in [0.29, 0.717) is 6.08 Å². The van der Waals surface area contributed by atoms with E-state index in [2.05, 4.69) is 11.3 Å². The summed E-state index contributed by atoms with van der Waals surface area (Å²) in [4.78, 5) is 10.6. The number of rotatable bonds is 11. The summed E-state index contributed by atoms with van der Waals surface area (Å²) in [7, 11) is 0. The van der Waals surface area contributed by atoms with Gasteiger partial charge in [0.2, 0.25) is 0 Å². The van der Waals surface area contributed by atoms with Gasteiger partial charge in [0.05, 0.1) is 0 Å². The first kappa shape index (κ1) is 31.0. The van der Waals surface area contributed by atoms with Crippen LogP contribution in [0.2, 0.25) is 0 Å². The molecule has 0 fully saturated rings. The van der Waals surface area contributed by atoms with Gasteiger partial charge in [0.15, 0.2) is 0 Å². The van der Waals surface area contributed by atoms with Crippen molar-refractivity contribution in [2.24, 2.45) is 0 Å². The van der Waals surface area contributed by atoms with Crippen molar-refractivity contribution in [3.05, 3.63) is 12.7 Å². The Balaban J connectivity index is 6.26. The van der Waals surface area contributed by atoms with Crippen LogP contribution in [-0.2, 0) is 9.53 Å². The number of carbonyl (C=O) groups is 1. The minimum atomic E-state index is -8.68. The minimum absolute atomic E-state index is 0.0329. The van der Waals surface area contributed by atoms with Crippen molar-refractivity contribution in [1.82, 2.24) is 5.32 Å². The summed E-state index contributed by atoms with van der Waals surface area (Å²) in [6.45, 7) is -0.441. The maximum Gasteiger partial charge on any atom is 0.460 e. The van der Waals surface area contributed by atoms with Gasteiger partial charge in [0.1, 0.15) is 6.61 Å². The number of carbonyl (C=O) groups excluding carboxylic acids is 1. The van der Waals surface area contributed by atoms with Gasteiger partial charge in [-0.15, -0.1) is 0 Å². The third-order valence-electron chi connectivity index (χ3n) is 3.58. The molecule has 3 nitrogen and oxygen atoms in total. The van der Waals surface area contributed by atoms with E-state index < -0.39 is 66.9 Å². The number of hydrogen-bond donors (Lipinski definition) is 1. The van der Waals surface area contributed by atoms with Crippen LogP contribution in [0.1, 0.15) is 0 Å². The summed E-state index contributed by atoms with van der Waals surface area (Å²) in [5, 5.41) is 0.0329. The Labute approximate surface area is 170 Å². The van der Waals surface area contributed by atoms with Crippen LogP contribution in [0.4, 0.5) is 74.6 Å². The Morgan fingerprint density at radius 3 is 1.30 bits per heavy atom. The first-order valence-electron chi connectivity index (χ1n) is 7.46. The van der Waals surface area contributed by atoms with Crippen molar-refractivity contribution in [2.75, 3.05) is 13.2 Å². The van der Waals surface area contributed by atoms with E-state index in [1.807, 2.05) is 0 Å². The van der Waals surface area contributed by atoms with Gasteiger partial charge in [-0.2, -0.15) is 74.6 Å². The molecule has 0 aliphatic rings. The second-order valence-corrected chi connectivity index (χ2v) is 5.82. The topological polar surface area (TPSA) is 38.3 Å². The molecule has 0 aliphatic carbocycles. The molecule has 0 aliphatic heterocycles. The smallest absolute Gasteiger partial charge is 0.460 e. The lowest BCUT2D eigenvalue weighted by atomic mass is 9.90. The third kappa shape index (κ3) is 4.66. The van der Waals surface area contributed by atoms with Crippen LogP contribution in [0.15, 0.2) is 12.7 Å². The Bertz CT molecular complexity index is 727. The first-order valence-corrected chi connectivity index (χ1v) is 7.46. The molecule has 0 saturated heterocycles. The van der Waals surface area contributed by atoms with Crippen LogP contribution in [-0.4, -0.2) is 66.9 Å². The number of esters is 1. The molecule has 196 valence electrons. The van der Waals surface area contributed by atoms with E-state index in [-0.39, 0.29) is 5.32 Å². The van der Waals surface area contributed by atoms with Crippen LogP contribution in [0.3, 0.4) is 0 Å². The van der Waals surface area contributed by atoms with Gasteiger partial charge in [-0.25, -0.2) is 10.1 Å². The lowest BCUT2D eigenvalue weighted by molar-refractivity contribution is -0.462. The normalized spacial score (nSPS) is 15.4. The molecular weight excluding hydrogens is 525 g/mol. The average Bonchev–Trinajstić information content (AvgIpc) is 2.62. The molecule has 0 spiro atoms. The predicted molar refractivity (Wildman–Crippen MR) is 69.8 cm³/mol. The molecule has 0 aromatic heterocycles. The van der Waals surface area contributed by atoms with Gasteiger partial charge >= 0.3 is 53.7 Å². The average molecular weight is 533 g/mol. The monoisotopic (exact) mass is 533 g/mol. The van der Waals surface area contributed by atoms with Crippen molar-refractivity contribution in [3.8, 4) is 0 Å². The summed E-state index contributed by atoms with van der Waals surface area (Å²) in [5.74, 6) is -51.7. The summed E-state index contributed by atoms with van der Waals surface area (Å²) < 4.78 is 224. The maximum absolute atomic E-state index is 13.4. The lowest BCUT2D eigenvalue weighted by Gasteiger charge is -2.42. The molecule has 0 rings (SSSR count). The Morgan fingerprint density at radius 2 is 0.970 bits per heavy atom. The molecule has 20 heteroatoms. The second kappa shape index (κ2) is 8.64. The summed E-state index contributed by atoms with van der Waals surface area (Å²) in [6.07, 6.45) is -7.44. The van der Waals surface area contributed by atoms with Crippen molar-refractivity contribution in [2.45, 2.75) is 47.8 Å². The largest absolute Gasteiger partial charge is 0.461 e. The van der Waals surface area contributed by atoms with E-state index in [0.717, 1.165) is 0 Å². The number of alkyl halides is 17. The number of nitrogens with one attached hydrogen (secondary N) is 1. The summed E-state index contributed by atoms with van der Waals surface area (Å²) >= 11 is 0. The van der Waals surface area contributed by atoms with Gasteiger partial charge in [0, 0.05) is 12.6 Å². The highest BCUT2D eigenvalue weighted by molar-refractivity contribution is 5.81. The molecule has 0 amide bonds. The molecule has 0 bridgehead atoms. The summed E-state index contributed by atoms with van der Waals surface area (Å²) in [5.41, 5.74) is 0. The zero-order valence-electron chi connectivity index (χ0n) is 14.9. The number of ether oxygens (including phenoxy) is 1. The Hall–Kier alpha value is -2.02. The van der Waals surface area contributed by atoms with Crippen LogP contribution in [0.5, 0.6) is 0 Å².